The molecule has 1 N–H and O–H groups in total. The zero-order valence-electron chi connectivity index (χ0n) is 15.8. The van der Waals surface area contributed by atoms with Crippen LogP contribution in [0.1, 0.15) is 40.4 Å². The zero-order valence-corrected chi connectivity index (χ0v) is 16.7. The van der Waals surface area contributed by atoms with Gasteiger partial charge in [-0.2, -0.15) is 9.98 Å². The van der Waals surface area contributed by atoms with Gasteiger partial charge in [0, 0.05) is 5.56 Å². The van der Waals surface area contributed by atoms with Gasteiger partial charge in [-0.05, 0) is 55.5 Å². The quantitative estimate of drug-likeness (QED) is 0.551. The Hall–Kier alpha value is -3.02. The normalized spacial score (nSPS) is 13.9. The minimum atomic E-state index is -4.07. The predicted octanol–water partition coefficient (Wildman–Crippen LogP) is 2.14. The first-order chi connectivity index (χ1) is 13.8. The number of carbonyl (C=O) groups is 2. The highest BCUT2D eigenvalue weighted by Crippen LogP contribution is 2.23. The molecule has 29 heavy (non-hydrogen) atoms. The number of nitriles is 1. The van der Waals surface area contributed by atoms with Crippen molar-refractivity contribution in [3.05, 3.63) is 64.7 Å². The van der Waals surface area contributed by atoms with Gasteiger partial charge in [-0.15, -0.1) is 0 Å². The van der Waals surface area contributed by atoms with Gasteiger partial charge in [0.1, 0.15) is 12.6 Å². The van der Waals surface area contributed by atoms with Crippen LogP contribution >= 0.6 is 0 Å². The summed E-state index contributed by atoms with van der Waals surface area (Å²) in [5.41, 5.74) is 2.81. The Morgan fingerprint density at radius 1 is 1.17 bits per heavy atom. The molecule has 0 aliphatic heterocycles. The average molecular weight is 412 g/mol. The number of aryl methyl sites for hydroxylation is 2. The maximum Gasteiger partial charge on any atom is 0.321 e. The summed E-state index contributed by atoms with van der Waals surface area (Å²) in [5, 5.41) is 9.03. The average Bonchev–Trinajstić information content (AvgIpc) is 3.19. The van der Waals surface area contributed by atoms with Crippen LogP contribution in [0.3, 0.4) is 0 Å². The van der Waals surface area contributed by atoms with E-state index < -0.39 is 28.6 Å². The van der Waals surface area contributed by atoms with E-state index in [1.807, 2.05) is 12.1 Å². The zero-order chi connectivity index (χ0) is 21.0. The van der Waals surface area contributed by atoms with Gasteiger partial charge >= 0.3 is 5.97 Å². The maximum absolute atomic E-state index is 12.5. The van der Waals surface area contributed by atoms with Gasteiger partial charge in [0.25, 0.3) is 0 Å². The van der Waals surface area contributed by atoms with E-state index in [9.17, 15) is 18.0 Å². The number of nitrogens with zero attached hydrogens (tertiary/aromatic N) is 1. The number of hydrogen-bond donors (Lipinski definition) is 1. The molecule has 0 fully saturated rings. The molecule has 8 heteroatoms. The number of benzene rings is 2. The van der Waals surface area contributed by atoms with Gasteiger partial charge in [0.05, 0.1) is 10.5 Å². The van der Waals surface area contributed by atoms with Gasteiger partial charge in [0.2, 0.25) is 15.8 Å². The van der Waals surface area contributed by atoms with Crippen LogP contribution < -0.4 is 4.72 Å². The Labute approximate surface area is 169 Å². The lowest BCUT2D eigenvalue weighted by atomic mass is 10.0. The lowest BCUT2D eigenvalue weighted by Crippen LogP contribution is -2.34. The first kappa shape index (κ1) is 20.7. The number of hydrogen-bond acceptors (Lipinski definition) is 6. The van der Waals surface area contributed by atoms with Crippen LogP contribution in [0.15, 0.2) is 47.4 Å². The predicted molar refractivity (Wildman–Crippen MR) is 105 cm³/mol. The second-order valence-electron chi connectivity index (χ2n) is 6.77. The lowest BCUT2D eigenvalue weighted by molar-refractivity contribution is -0.144. The van der Waals surface area contributed by atoms with Crippen LogP contribution in [0.2, 0.25) is 0 Å². The SMILES string of the molecule is C[C@H](OC(=O)CNS(=O)(=O)c1ccccc1C#N)C(=O)c1ccc2c(c1)CCC2. The molecule has 0 saturated heterocycles. The molecule has 1 atom stereocenters. The van der Waals surface area contributed by atoms with Crippen LogP contribution in [0.25, 0.3) is 0 Å². The molecule has 7 nitrogen and oxygen atoms in total. The molecule has 1 aliphatic rings. The van der Waals surface area contributed by atoms with E-state index in [-0.39, 0.29) is 16.2 Å². The smallest absolute Gasteiger partial charge is 0.321 e. The van der Waals surface area contributed by atoms with Crippen molar-refractivity contribution in [3.63, 3.8) is 0 Å². The molecule has 0 amide bonds. The van der Waals surface area contributed by atoms with Crippen LogP contribution in [0.4, 0.5) is 0 Å². The van der Waals surface area contributed by atoms with Crippen LogP contribution in [-0.4, -0.2) is 32.8 Å². The fraction of sp³-hybridized carbons (Fsp3) is 0.286. The highest BCUT2D eigenvalue weighted by Gasteiger charge is 2.24. The maximum atomic E-state index is 12.5. The van der Waals surface area contributed by atoms with E-state index in [0.29, 0.717) is 5.56 Å². The van der Waals surface area contributed by atoms with Gasteiger partial charge in [-0.1, -0.05) is 24.3 Å². The third-order valence-corrected chi connectivity index (χ3v) is 6.22. The summed E-state index contributed by atoms with van der Waals surface area (Å²) < 4.78 is 31.9. The summed E-state index contributed by atoms with van der Waals surface area (Å²) in [5.74, 6) is -1.23. The van der Waals surface area contributed by atoms with Gasteiger partial charge in [0.15, 0.2) is 6.10 Å². The molecule has 0 unspecified atom stereocenters. The summed E-state index contributed by atoms with van der Waals surface area (Å²) in [6.45, 7) is 0.802. The lowest BCUT2D eigenvalue weighted by Gasteiger charge is -2.14. The first-order valence-corrected chi connectivity index (χ1v) is 10.6. The molecular weight excluding hydrogens is 392 g/mol. The Morgan fingerprint density at radius 3 is 2.66 bits per heavy atom. The molecule has 0 radical (unpaired) electrons. The second kappa shape index (κ2) is 8.55. The molecule has 2 aromatic carbocycles. The molecule has 0 spiro atoms. The van der Waals surface area contributed by atoms with Gasteiger partial charge < -0.3 is 4.74 Å². The van der Waals surface area contributed by atoms with E-state index in [2.05, 4.69) is 4.72 Å². The molecule has 0 aromatic heterocycles. The minimum Gasteiger partial charge on any atom is -0.453 e. The number of ketones is 1. The summed E-state index contributed by atoms with van der Waals surface area (Å²) in [4.78, 5) is 24.4. The van der Waals surface area contributed by atoms with E-state index in [1.54, 1.807) is 12.1 Å². The third-order valence-electron chi connectivity index (χ3n) is 4.76. The van der Waals surface area contributed by atoms with Crippen molar-refractivity contribution >= 4 is 21.8 Å². The molecule has 150 valence electrons. The number of esters is 1. The van der Waals surface area contributed by atoms with Crippen molar-refractivity contribution in [2.45, 2.75) is 37.2 Å². The molecule has 0 heterocycles. The van der Waals surface area contributed by atoms with Gasteiger partial charge in [-0.25, -0.2) is 8.42 Å². The van der Waals surface area contributed by atoms with Crippen molar-refractivity contribution in [2.24, 2.45) is 0 Å². The van der Waals surface area contributed by atoms with E-state index in [1.165, 1.54) is 36.8 Å². The first-order valence-electron chi connectivity index (χ1n) is 9.16. The summed E-state index contributed by atoms with van der Waals surface area (Å²) in [6, 6.07) is 12.9. The van der Waals surface area contributed by atoms with Crippen molar-refractivity contribution in [2.75, 3.05) is 6.54 Å². The third kappa shape index (κ3) is 4.70. The molecule has 0 saturated carbocycles. The van der Waals surface area contributed by atoms with Crippen molar-refractivity contribution < 1.29 is 22.7 Å². The number of ether oxygens (including phenoxy) is 1. The number of rotatable bonds is 7. The van der Waals surface area contributed by atoms with Crippen molar-refractivity contribution in [3.8, 4) is 6.07 Å². The van der Waals surface area contributed by atoms with Crippen molar-refractivity contribution in [1.29, 1.82) is 5.26 Å². The van der Waals surface area contributed by atoms with Crippen LogP contribution in [-0.2, 0) is 32.4 Å². The number of sulfonamides is 1. The number of fused-ring (bicyclic) bond motifs is 1. The Bertz CT molecular complexity index is 1100. The Balaban J connectivity index is 1.60. The summed E-state index contributed by atoms with van der Waals surface area (Å²) >= 11 is 0. The number of Topliss-reactive ketones (excluding diaryl/α,β-unsaturated/α-hetero) is 1. The fourth-order valence-corrected chi connectivity index (χ4v) is 4.40. The van der Waals surface area contributed by atoms with Crippen LogP contribution in [0.5, 0.6) is 0 Å². The van der Waals surface area contributed by atoms with E-state index >= 15 is 0 Å². The minimum absolute atomic E-state index is 0.0338. The highest BCUT2D eigenvalue weighted by molar-refractivity contribution is 7.89. The molecule has 3 rings (SSSR count). The topological polar surface area (TPSA) is 113 Å². The summed E-state index contributed by atoms with van der Waals surface area (Å²) in [7, 11) is -4.07. The fourth-order valence-electron chi connectivity index (χ4n) is 3.28. The Morgan fingerprint density at radius 2 is 1.90 bits per heavy atom. The largest absolute Gasteiger partial charge is 0.453 e. The molecule has 0 bridgehead atoms. The number of nitrogens with one attached hydrogen (secondary N) is 1. The molecule has 2 aromatic rings. The van der Waals surface area contributed by atoms with E-state index in [4.69, 9.17) is 10.00 Å². The standard InChI is InChI=1S/C21H20N2O5S/c1-14(21(25)17-10-9-15-6-4-7-16(15)11-17)28-20(24)13-23-29(26,27)19-8-3-2-5-18(19)12-22/h2-3,5,8-11,14,23H,4,6-7,13H2,1H3/t14-/m0/s1. The molecular formula is C21H20N2O5S. The highest BCUT2D eigenvalue weighted by atomic mass is 32.2. The molecule has 1 aliphatic carbocycles. The van der Waals surface area contributed by atoms with Crippen LogP contribution in [0, 0.1) is 11.3 Å². The van der Waals surface area contributed by atoms with Crippen molar-refractivity contribution in [1.82, 2.24) is 4.72 Å². The van der Waals surface area contributed by atoms with E-state index in [0.717, 1.165) is 24.8 Å². The number of carbonyl (C=O) groups excluding carboxylic acids is 2. The van der Waals surface area contributed by atoms with Gasteiger partial charge in [-0.3, -0.25) is 9.59 Å². The monoisotopic (exact) mass is 412 g/mol. The summed E-state index contributed by atoms with van der Waals surface area (Å²) in [6.07, 6.45) is 1.95. The Kier molecular flexibility index (Phi) is 6.11. The second-order valence-corrected chi connectivity index (χ2v) is 8.50.